The standard InChI is InChI=1S/C28H25FN4O3/c1-20-2-10-24(11-3-20)33-28(35)27(26(18-30-33)32-16-14-31(19-34)15-17-32)36-25-12-6-22(7-13-25)21-4-8-23(29)9-5-21/h2-13,18-19H,14-17H2,1H3. The summed E-state index contributed by atoms with van der Waals surface area (Å²) in [5, 5.41) is 4.42. The van der Waals surface area contributed by atoms with E-state index < -0.39 is 0 Å². The molecule has 0 spiro atoms. The maximum Gasteiger partial charge on any atom is 0.316 e. The number of hydrogen-bond acceptors (Lipinski definition) is 5. The second-order valence-corrected chi connectivity index (χ2v) is 8.67. The Kier molecular flexibility index (Phi) is 6.49. The molecule has 36 heavy (non-hydrogen) atoms. The number of halogens is 1. The zero-order valence-corrected chi connectivity index (χ0v) is 19.8. The van der Waals surface area contributed by atoms with Gasteiger partial charge in [0.25, 0.3) is 0 Å². The van der Waals surface area contributed by atoms with E-state index in [0.717, 1.165) is 23.1 Å². The van der Waals surface area contributed by atoms with Gasteiger partial charge in [-0.1, -0.05) is 42.0 Å². The van der Waals surface area contributed by atoms with Crippen LogP contribution >= 0.6 is 0 Å². The first kappa shape index (κ1) is 23.3. The van der Waals surface area contributed by atoms with E-state index in [-0.39, 0.29) is 17.1 Å². The van der Waals surface area contributed by atoms with E-state index in [0.29, 0.717) is 43.3 Å². The summed E-state index contributed by atoms with van der Waals surface area (Å²) in [5.74, 6) is 0.370. The lowest BCUT2D eigenvalue weighted by Gasteiger charge is -2.34. The predicted molar refractivity (Wildman–Crippen MR) is 136 cm³/mol. The number of carbonyl (C=O) groups is 1. The summed E-state index contributed by atoms with van der Waals surface area (Å²) in [6.45, 7) is 4.21. The number of piperazine rings is 1. The molecule has 2 heterocycles. The maximum atomic E-state index is 13.6. The van der Waals surface area contributed by atoms with Gasteiger partial charge in [0.15, 0.2) is 0 Å². The van der Waals surface area contributed by atoms with Gasteiger partial charge in [0.1, 0.15) is 17.3 Å². The molecule has 4 aromatic rings. The van der Waals surface area contributed by atoms with Crippen LogP contribution in [0, 0.1) is 12.7 Å². The molecule has 1 aliphatic heterocycles. The van der Waals surface area contributed by atoms with Crippen molar-refractivity contribution in [3.63, 3.8) is 0 Å². The van der Waals surface area contributed by atoms with Crippen LogP contribution < -0.4 is 15.2 Å². The monoisotopic (exact) mass is 484 g/mol. The lowest BCUT2D eigenvalue weighted by atomic mass is 10.1. The molecule has 0 unspecified atom stereocenters. The van der Waals surface area contributed by atoms with E-state index in [2.05, 4.69) is 5.10 Å². The summed E-state index contributed by atoms with van der Waals surface area (Å²) < 4.78 is 20.8. The molecule has 7 nitrogen and oxygen atoms in total. The summed E-state index contributed by atoms with van der Waals surface area (Å²) in [6.07, 6.45) is 2.48. The molecule has 5 rings (SSSR count). The van der Waals surface area contributed by atoms with Gasteiger partial charge in [-0.15, -0.1) is 0 Å². The molecule has 0 bridgehead atoms. The molecule has 1 aromatic heterocycles. The third-order valence-electron chi connectivity index (χ3n) is 6.25. The van der Waals surface area contributed by atoms with Crippen molar-refractivity contribution in [2.24, 2.45) is 0 Å². The predicted octanol–water partition coefficient (Wildman–Crippen LogP) is 4.42. The van der Waals surface area contributed by atoms with Crippen molar-refractivity contribution in [2.45, 2.75) is 6.92 Å². The van der Waals surface area contributed by atoms with Crippen LogP contribution in [0.1, 0.15) is 5.56 Å². The van der Waals surface area contributed by atoms with Crippen LogP contribution in [-0.4, -0.2) is 47.3 Å². The average molecular weight is 485 g/mol. The van der Waals surface area contributed by atoms with E-state index in [9.17, 15) is 14.0 Å². The molecular formula is C28H25FN4O3. The highest BCUT2D eigenvalue weighted by molar-refractivity contribution is 5.65. The minimum absolute atomic E-state index is 0.166. The Morgan fingerprint density at radius 3 is 2.08 bits per heavy atom. The smallest absolute Gasteiger partial charge is 0.316 e. The number of rotatable bonds is 6. The zero-order valence-electron chi connectivity index (χ0n) is 19.8. The van der Waals surface area contributed by atoms with Gasteiger partial charge in [-0.25, -0.2) is 4.39 Å². The number of ether oxygens (including phenoxy) is 1. The Bertz CT molecular complexity index is 1410. The number of anilines is 1. The Hall–Kier alpha value is -4.46. The number of hydrogen-bond donors (Lipinski definition) is 0. The van der Waals surface area contributed by atoms with Gasteiger partial charge in [0, 0.05) is 26.2 Å². The van der Waals surface area contributed by atoms with Crippen LogP contribution in [0.4, 0.5) is 10.1 Å². The molecule has 1 aliphatic rings. The summed E-state index contributed by atoms with van der Waals surface area (Å²) in [5.41, 5.74) is 3.70. The van der Waals surface area contributed by atoms with E-state index >= 15 is 0 Å². The highest BCUT2D eigenvalue weighted by Gasteiger charge is 2.23. The number of benzene rings is 3. The fourth-order valence-corrected chi connectivity index (χ4v) is 4.16. The summed E-state index contributed by atoms with van der Waals surface area (Å²) >= 11 is 0. The zero-order chi connectivity index (χ0) is 25.1. The maximum absolute atomic E-state index is 13.6. The van der Waals surface area contributed by atoms with Crippen molar-refractivity contribution in [1.29, 1.82) is 0 Å². The minimum Gasteiger partial charge on any atom is -0.449 e. The van der Waals surface area contributed by atoms with Crippen LogP contribution in [-0.2, 0) is 4.79 Å². The Morgan fingerprint density at radius 1 is 0.861 bits per heavy atom. The van der Waals surface area contributed by atoms with Crippen molar-refractivity contribution in [3.8, 4) is 28.3 Å². The van der Waals surface area contributed by atoms with Gasteiger partial charge in [0.2, 0.25) is 12.2 Å². The normalized spacial score (nSPS) is 13.5. The van der Waals surface area contributed by atoms with E-state index in [1.165, 1.54) is 16.8 Å². The molecule has 1 fully saturated rings. The first-order valence-electron chi connectivity index (χ1n) is 11.7. The van der Waals surface area contributed by atoms with Crippen molar-refractivity contribution in [2.75, 3.05) is 31.1 Å². The van der Waals surface area contributed by atoms with Gasteiger partial charge in [-0.05, 0) is 54.4 Å². The van der Waals surface area contributed by atoms with Crippen molar-refractivity contribution in [3.05, 3.63) is 101 Å². The van der Waals surface area contributed by atoms with Gasteiger partial charge in [-0.2, -0.15) is 9.78 Å². The quantitative estimate of drug-likeness (QED) is 0.379. The molecule has 0 atom stereocenters. The first-order chi connectivity index (χ1) is 17.5. The van der Waals surface area contributed by atoms with Crippen LogP contribution in [0.15, 0.2) is 83.8 Å². The lowest BCUT2D eigenvalue weighted by molar-refractivity contribution is -0.118. The second kappa shape index (κ2) is 10.0. The van der Waals surface area contributed by atoms with Gasteiger partial charge in [-0.3, -0.25) is 9.59 Å². The molecule has 0 N–H and O–H groups in total. The molecule has 182 valence electrons. The van der Waals surface area contributed by atoms with Gasteiger partial charge < -0.3 is 14.5 Å². The largest absolute Gasteiger partial charge is 0.449 e. The summed E-state index contributed by atoms with van der Waals surface area (Å²) in [6, 6.07) is 21.1. The summed E-state index contributed by atoms with van der Waals surface area (Å²) in [4.78, 5) is 28.5. The molecule has 0 radical (unpaired) electrons. The SMILES string of the molecule is Cc1ccc(-n2ncc(N3CCN(C=O)CC3)c(Oc3ccc(-c4ccc(F)cc4)cc3)c2=O)cc1. The molecule has 1 amide bonds. The van der Waals surface area contributed by atoms with Crippen LogP contribution in [0.25, 0.3) is 16.8 Å². The van der Waals surface area contributed by atoms with Crippen LogP contribution in [0.5, 0.6) is 11.5 Å². The topological polar surface area (TPSA) is 67.7 Å². The molecule has 1 saturated heterocycles. The Balaban J connectivity index is 1.50. The van der Waals surface area contributed by atoms with E-state index in [4.69, 9.17) is 4.74 Å². The van der Waals surface area contributed by atoms with Crippen LogP contribution in [0.2, 0.25) is 0 Å². The van der Waals surface area contributed by atoms with Crippen molar-refractivity contribution < 1.29 is 13.9 Å². The number of carbonyl (C=O) groups excluding carboxylic acids is 1. The highest BCUT2D eigenvalue weighted by Crippen LogP contribution is 2.31. The average Bonchev–Trinajstić information content (AvgIpc) is 2.91. The minimum atomic E-state index is -0.378. The fraction of sp³-hybridized carbons (Fsp3) is 0.179. The number of nitrogens with zero attached hydrogens (tertiary/aromatic N) is 4. The van der Waals surface area contributed by atoms with Gasteiger partial charge in [0.05, 0.1) is 11.9 Å². The van der Waals surface area contributed by atoms with Crippen molar-refractivity contribution >= 4 is 12.1 Å². The van der Waals surface area contributed by atoms with Crippen LogP contribution in [0.3, 0.4) is 0 Å². The first-order valence-corrected chi connectivity index (χ1v) is 11.7. The fourth-order valence-electron chi connectivity index (χ4n) is 4.16. The molecule has 0 aliphatic carbocycles. The van der Waals surface area contributed by atoms with E-state index in [1.54, 1.807) is 35.4 Å². The Morgan fingerprint density at radius 2 is 1.47 bits per heavy atom. The number of amides is 1. The molecule has 8 heteroatoms. The highest BCUT2D eigenvalue weighted by atomic mass is 19.1. The molecular weight excluding hydrogens is 459 g/mol. The van der Waals surface area contributed by atoms with E-state index in [1.807, 2.05) is 48.2 Å². The van der Waals surface area contributed by atoms with Crippen molar-refractivity contribution in [1.82, 2.24) is 14.7 Å². The number of aryl methyl sites for hydroxylation is 1. The Labute approximate surface area is 208 Å². The molecule has 0 saturated carbocycles. The third kappa shape index (κ3) is 4.84. The molecule has 3 aromatic carbocycles. The van der Waals surface area contributed by atoms with Gasteiger partial charge >= 0.3 is 5.56 Å². The number of aromatic nitrogens is 2. The second-order valence-electron chi connectivity index (χ2n) is 8.67. The summed E-state index contributed by atoms with van der Waals surface area (Å²) in [7, 11) is 0. The lowest BCUT2D eigenvalue weighted by Crippen LogP contribution is -2.46. The third-order valence-corrected chi connectivity index (χ3v) is 6.25.